The van der Waals surface area contributed by atoms with Gasteiger partial charge >= 0.3 is 5.69 Å². The van der Waals surface area contributed by atoms with Crippen molar-refractivity contribution in [3.63, 3.8) is 0 Å². The second-order valence-electron chi connectivity index (χ2n) is 4.27. The van der Waals surface area contributed by atoms with Gasteiger partial charge in [0.25, 0.3) is 0 Å². The number of phenolic OH excluding ortho intramolecular Hbond substituents is 1. The molecule has 1 heterocycles. The molecule has 1 aromatic heterocycles. The molecule has 0 aliphatic heterocycles. The zero-order chi connectivity index (χ0) is 14.1. The fourth-order valence-electron chi connectivity index (χ4n) is 1.87. The third-order valence-electron chi connectivity index (χ3n) is 2.83. The lowest BCUT2D eigenvalue weighted by Gasteiger charge is -1.99. The van der Waals surface area contributed by atoms with Gasteiger partial charge < -0.3 is 15.1 Å². The van der Waals surface area contributed by atoms with Gasteiger partial charge in [0, 0.05) is 16.3 Å². The number of benzene rings is 2. The van der Waals surface area contributed by atoms with Crippen molar-refractivity contribution in [2.75, 3.05) is 0 Å². The summed E-state index contributed by atoms with van der Waals surface area (Å²) in [6.07, 6.45) is 1.65. The number of aromatic amines is 2. The number of aromatic nitrogens is 2. The third-order valence-corrected chi connectivity index (χ3v) is 3.55. The van der Waals surface area contributed by atoms with E-state index in [1.807, 2.05) is 0 Å². The topological polar surface area (TPSA) is 81.2 Å². The maximum Gasteiger partial charge on any atom is 0.323 e. The second kappa shape index (κ2) is 4.97. The van der Waals surface area contributed by atoms with Crippen molar-refractivity contribution >= 4 is 38.9 Å². The molecule has 0 spiro atoms. The first-order valence-electron chi connectivity index (χ1n) is 5.86. The highest BCUT2D eigenvalue weighted by Gasteiger charge is 2.00. The Morgan fingerprint density at radius 1 is 1.10 bits per heavy atom. The number of H-pyrrole nitrogens is 2. The van der Waals surface area contributed by atoms with Gasteiger partial charge in [0.2, 0.25) is 0 Å². The Morgan fingerprint density at radius 2 is 1.90 bits per heavy atom. The number of halogens is 1. The van der Waals surface area contributed by atoms with Crippen LogP contribution in [0.5, 0.6) is 5.75 Å². The van der Waals surface area contributed by atoms with E-state index in [2.05, 4.69) is 30.9 Å². The molecule has 0 aliphatic carbocycles. The van der Waals surface area contributed by atoms with Gasteiger partial charge in [-0.05, 0) is 36.4 Å². The average Bonchev–Trinajstić information content (AvgIpc) is 2.79. The normalized spacial score (nSPS) is 11.4. The highest BCUT2D eigenvalue weighted by Crippen LogP contribution is 2.22. The van der Waals surface area contributed by atoms with Gasteiger partial charge in [0.1, 0.15) is 5.75 Å². The minimum Gasteiger partial charge on any atom is -0.508 e. The molecule has 0 aliphatic rings. The monoisotopic (exact) mass is 331 g/mol. The van der Waals surface area contributed by atoms with Crippen molar-refractivity contribution in [2.24, 2.45) is 4.99 Å². The molecule has 0 saturated carbocycles. The van der Waals surface area contributed by atoms with Crippen LogP contribution >= 0.6 is 15.9 Å². The smallest absolute Gasteiger partial charge is 0.323 e. The molecule has 6 heteroatoms. The van der Waals surface area contributed by atoms with E-state index < -0.39 is 0 Å². The Balaban J connectivity index is 1.97. The number of rotatable bonds is 2. The number of hydrogen-bond acceptors (Lipinski definition) is 3. The number of nitrogens with zero attached hydrogens (tertiary/aromatic N) is 1. The molecule has 0 fully saturated rings. The van der Waals surface area contributed by atoms with Crippen molar-refractivity contribution in [2.45, 2.75) is 0 Å². The van der Waals surface area contributed by atoms with E-state index in [0.717, 1.165) is 15.6 Å². The molecule has 3 aromatic rings. The van der Waals surface area contributed by atoms with E-state index in [1.54, 1.807) is 42.6 Å². The summed E-state index contributed by atoms with van der Waals surface area (Å²) in [7, 11) is 0. The van der Waals surface area contributed by atoms with Gasteiger partial charge in [-0.1, -0.05) is 15.9 Å². The number of imidazole rings is 1. The Bertz CT molecular complexity index is 864. The first kappa shape index (κ1) is 12.7. The molecule has 0 unspecified atom stereocenters. The van der Waals surface area contributed by atoms with E-state index in [0.29, 0.717) is 11.2 Å². The highest BCUT2D eigenvalue weighted by molar-refractivity contribution is 9.10. The average molecular weight is 332 g/mol. The first-order chi connectivity index (χ1) is 9.61. The molecule has 20 heavy (non-hydrogen) atoms. The van der Waals surface area contributed by atoms with Crippen LogP contribution in [0.4, 0.5) is 5.69 Å². The molecule has 5 nitrogen and oxygen atoms in total. The molecule has 0 bridgehead atoms. The van der Waals surface area contributed by atoms with Crippen LogP contribution in [-0.2, 0) is 0 Å². The minimum absolute atomic E-state index is 0.181. The summed E-state index contributed by atoms with van der Waals surface area (Å²) >= 11 is 3.39. The molecule has 3 N–H and O–H groups in total. The van der Waals surface area contributed by atoms with Crippen molar-refractivity contribution in [1.29, 1.82) is 0 Å². The van der Waals surface area contributed by atoms with Gasteiger partial charge in [-0.25, -0.2) is 4.79 Å². The first-order valence-corrected chi connectivity index (χ1v) is 6.66. The van der Waals surface area contributed by atoms with Crippen molar-refractivity contribution < 1.29 is 5.11 Å². The summed E-state index contributed by atoms with van der Waals surface area (Å²) in [6, 6.07) is 10.3. The number of fused-ring (bicyclic) bond motifs is 1. The van der Waals surface area contributed by atoms with Crippen LogP contribution in [0.25, 0.3) is 11.0 Å². The van der Waals surface area contributed by atoms with Crippen LogP contribution in [0.15, 0.2) is 50.7 Å². The minimum atomic E-state index is -0.239. The van der Waals surface area contributed by atoms with Crippen LogP contribution in [0, 0.1) is 0 Å². The second-order valence-corrected chi connectivity index (χ2v) is 5.13. The maximum absolute atomic E-state index is 11.2. The van der Waals surface area contributed by atoms with E-state index in [9.17, 15) is 9.90 Å². The fraction of sp³-hybridized carbons (Fsp3) is 0. The van der Waals surface area contributed by atoms with Crippen LogP contribution in [0.2, 0.25) is 0 Å². The molecule has 100 valence electrons. The number of phenols is 1. The zero-order valence-corrected chi connectivity index (χ0v) is 11.8. The van der Waals surface area contributed by atoms with Gasteiger partial charge in [0.15, 0.2) is 0 Å². The Morgan fingerprint density at radius 3 is 2.75 bits per heavy atom. The lowest BCUT2D eigenvalue weighted by Crippen LogP contribution is -1.99. The van der Waals surface area contributed by atoms with E-state index in [1.165, 1.54) is 0 Å². The Hall–Kier alpha value is -2.34. The predicted molar refractivity (Wildman–Crippen MR) is 82.0 cm³/mol. The summed E-state index contributed by atoms with van der Waals surface area (Å²) in [4.78, 5) is 20.9. The number of aliphatic imine (C=N–C) groups is 1. The molecule has 0 radical (unpaired) electrons. The van der Waals surface area contributed by atoms with Gasteiger partial charge in [0.05, 0.1) is 16.7 Å². The molecule has 0 amide bonds. The summed E-state index contributed by atoms with van der Waals surface area (Å²) in [5, 5.41) is 9.45. The van der Waals surface area contributed by atoms with E-state index in [-0.39, 0.29) is 11.4 Å². The van der Waals surface area contributed by atoms with Crippen LogP contribution < -0.4 is 5.69 Å². The lowest BCUT2D eigenvalue weighted by molar-refractivity contribution is 0.475. The van der Waals surface area contributed by atoms with Crippen LogP contribution in [0.3, 0.4) is 0 Å². The van der Waals surface area contributed by atoms with Crippen LogP contribution in [0.1, 0.15) is 5.56 Å². The zero-order valence-electron chi connectivity index (χ0n) is 10.2. The van der Waals surface area contributed by atoms with Gasteiger partial charge in [-0.15, -0.1) is 0 Å². The highest BCUT2D eigenvalue weighted by atomic mass is 79.9. The van der Waals surface area contributed by atoms with Gasteiger partial charge in [-0.3, -0.25) is 4.99 Å². The van der Waals surface area contributed by atoms with Crippen molar-refractivity contribution in [3.05, 3.63) is 56.9 Å². The predicted octanol–water partition coefficient (Wildman–Crippen LogP) is 3.07. The Labute approximate surface area is 122 Å². The largest absolute Gasteiger partial charge is 0.508 e. The number of nitrogens with one attached hydrogen (secondary N) is 2. The van der Waals surface area contributed by atoms with E-state index in [4.69, 9.17) is 0 Å². The maximum atomic E-state index is 11.2. The quantitative estimate of drug-likeness (QED) is 0.631. The van der Waals surface area contributed by atoms with Crippen LogP contribution in [-0.4, -0.2) is 21.3 Å². The molecule has 2 aromatic carbocycles. The lowest BCUT2D eigenvalue weighted by atomic mass is 10.2. The fourth-order valence-corrected chi connectivity index (χ4v) is 2.22. The molecule has 0 saturated heterocycles. The summed E-state index contributed by atoms with van der Waals surface area (Å²) in [5.74, 6) is 0.181. The molecular weight excluding hydrogens is 322 g/mol. The van der Waals surface area contributed by atoms with Crippen molar-refractivity contribution in [3.8, 4) is 5.75 Å². The Kier molecular flexibility index (Phi) is 3.15. The standard InChI is InChI=1S/C14H10BrN3O2/c15-11-3-2-10(19)5-8(11)7-16-9-1-4-12-13(6-9)18-14(20)17-12/h1-7,19H,(H2,17,18,20). The van der Waals surface area contributed by atoms with Gasteiger partial charge in [-0.2, -0.15) is 0 Å². The summed E-state index contributed by atoms with van der Waals surface area (Å²) < 4.78 is 0.843. The molecular formula is C14H10BrN3O2. The third kappa shape index (κ3) is 2.50. The summed E-state index contributed by atoms with van der Waals surface area (Å²) in [6.45, 7) is 0. The molecule has 3 rings (SSSR count). The molecule has 0 atom stereocenters. The number of hydrogen-bond donors (Lipinski definition) is 3. The van der Waals surface area contributed by atoms with Crippen molar-refractivity contribution in [1.82, 2.24) is 9.97 Å². The SMILES string of the molecule is O=c1[nH]c2ccc(N=Cc3cc(O)ccc3Br)cc2[nH]1. The van der Waals surface area contributed by atoms with E-state index >= 15 is 0 Å². The summed E-state index contributed by atoms with van der Waals surface area (Å²) in [5.41, 5.74) is 2.69. The number of aromatic hydroxyl groups is 1.